The van der Waals surface area contributed by atoms with Gasteiger partial charge in [-0.25, -0.2) is 4.79 Å². The molecule has 108 valence electrons. The molecule has 0 spiro atoms. The number of carbonyl (C=O) groups excluding carboxylic acids is 1. The number of halogens is 1. The Bertz CT molecular complexity index is 460. The van der Waals surface area contributed by atoms with Crippen LogP contribution in [0.15, 0.2) is 24.3 Å². The normalized spacial score (nSPS) is 28.4. The fourth-order valence-electron chi connectivity index (χ4n) is 3.07. The summed E-state index contributed by atoms with van der Waals surface area (Å²) in [6.07, 6.45) is 4.65. The summed E-state index contributed by atoms with van der Waals surface area (Å²) in [6, 6.07) is 6.87. The van der Waals surface area contributed by atoms with E-state index in [2.05, 4.69) is 4.90 Å². The summed E-state index contributed by atoms with van der Waals surface area (Å²) < 4.78 is 5.65. The van der Waals surface area contributed by atoms with E-state index in [1.165, 1.54) is 19.3 Å². The van der Waals surface area contributed by atoms with Gasteiger partial charge < -0.3 is 4.74 Å². The molecule has 2 bridgehead atoms. The molecule has 20 heavy (non-hydrogen) atoms. The predicted molar refractivity (Wildman–Crippen MR) is 79.5 cm³/mol. The Balaban J connectivity index is 0.00000147. The molecule has 3 atom stereocenters. The summed E-state index contributed by atoms with van der Waals surface area (Å²) in [6.45, 7) is 2.13. The van der Waals surface area contributed by atoms with Crippen LogP contribution in [-0.4, -0.2) is 30.2 Å². The summed E-state index contributed by atoms with van der Waals surface area (Å²) in [5.74, 6) is 0.560. The van der Waals surface area contributed by atoms with Crippen LogP contribution < -0.4 is 0 Å². The Labute approximate surface area is 125 Å². The zero-order chi connectivity index (χ0) is 13.2. The van der Waals surface area contributed by atoms with Crippen molar-refractivity contribution in [3.63, 3.8) is 0 Å². The van der Waals surface area contributed by atoms with E-state index in [-0.39, 0.29) is 19.6 Å². The third-order valence-corrected chi connectivity index (χ3v) is 4.35. The van der Waals surface area contributed by atoms with Crippen LogP contribution in [0.2, 0.25) is 5.02 Å². The van der Waals surface area contributed by atoms with Crippen molar-refractivity contribution in [2.24, 2.45) is 5.92 Å². The number of carbonyl (C=O) groups is 1. The van der Waals surface area contributed by atoms with Gasteiger partial charge in [0.1, 0.15) is 0 Å². The minimum atomic E-state index is -0.245. The van der Waals surface area contributed by atoms with Gasteiger partial charge in [0, 0.05) is 18.1 Å². The topological polar surface area (TPSA) is 29.5 Å². The first-order valence-electron chi connectivity index (χ1n) is 6.93. The fourth-order valence-corrected chi connectivity index (χ4v) is 3.19. The molecule has 0 saturated carbocycles. The molecule has 2 aliphatic rings. The first-order chi connectivity index (χ1) is 9.22. The lowest BCUT2D eigenvalue weighted by Gasteiger charge is -2.42. The highest BCUT2D eigenvalue weighted by Gasteiger charge is 2.33. The number of benzene rings is 1. The van der Waals surface area contributed by atoms with E-state index in [4.69, 9.17) is 16.3 Å². The van der Waals surface area contributed by atoms with Crippen LogP contribution in [0, 0.1) is 13.3 Å². The standard InChI is InChI=1S/C15H18ClNO2.CH2/c16-13-6-4-12(5-7-13)15(18)19-14-8-3-11-2-1-9-17(14)10-11;/h4-7,11,14H,1-3,8-10H2;1H2. The van der Waals surface area contributed by atoms with E-state index >= 15 is 0 Å². The van der Waals surface area contributed by atoms with Crippen molar-refractivity contribution in [3.05, 3.63) is 42.3 Å². The summed E-state index contributed by atoms with van der Waals surface area (Å²) >= 11 is 5.82. The number of piperidine rings is 2. The summed E-state index contributed by atoms with van der Waals surface area (Å²) in [5, 5.41) is 0.632. The number of rotatable bonds is 2. The molecule has 2 fully saturated rings. The molecule has 1 aromatic rings. The number of ether oxygens (including phenoxy) is 1. The molecular weight excluding hydrogens is 274 g/mol. The van der Waals surface area contributed by atoms with E-state index in [1.54, 1.807) is 24.3 Å². The zero-order valence-electron chi connectivity index (χ0n) is 11.6. The van der Waals surface area contributed by atoms with Crippen LogP contribution >= 0.6 is 11.6 Å². The summed E-state index contributed by atoms with van der Waals surface area (Å²) in [5.41, 5.74) is 0.573. The molecule has 1 aromatic carbocycles. The summed E-state index contributed by atoms with van der Waals surface area (Å²) in [4.78, 5) is 14.4. The van der Waals surface area contributed by atoms with Crippen LogP contribution in [0.1, 0.15) is 36.0 Å². The van der Waals surface area contributed by atoms with Crippen LogP contribution in [0.25, 0.3) is 0 Å². The Kier molecular flexibility index (Phi) is 5.06. The molecule has 4 heteroatoms. The van der Waals surface area contributed by atoms with Crippen molar-refractivity contribution in [1.29, 1.82) is 0 Å². The molecule has 2 aliphatic heterocycles. The van der Waals surface area contributed by atoms with Crippen molar-refractivity contribution >= 4 is 17.6 Å². The van der Waals surface area contributed by atoms with Crippen molar-refractivity contribution in [2.45, 2.75) is 31.9 Å². The maximum absolute atomic E-state index is 12.1. The predicted octanol–water partition coefficient (Wildman–Crippen LogP) is 3.66. The molecule has 0 N–H and O–H groups in total. The second-order valence-corrected chi connectivity index (χ2v) is 5.88. The Morgan fingerprint density at radius 3 is 2.70 bits per heavy atom. The van der Waals surface area contributed by atoms with Crippen LogP contribution in [-0.2, 0) is 4.74 Å². The lowest BCUT2D eigenvalue weighted by atomic mass is 9.89. The SMILES string of the molecule is O=C(OC1CCC2CCCN1C2)c1ccc(Cl)cc1.[CH2]. The number of esters is 1. The van der Waals surface area contributed by atoms with Crippen molar-refractivity contribution < 1.29 is 9.53 Å². The van der Waals surface area contributed by atoms with Crippen LogP contribution in [0.5, 0.6) is 0 Å². The van der Waals surface area contributed by atoms with Gasteiger partial charge in [0.25, 0.3) is 0 Å². The van der Waals surface area contributed by atoms with Gasteiger partial charge in [0.15, 0.2) is 6.23 Å². The van der Waals surface area contributed by atoms with E-state index in [0.717, 1.165) is 25.4 Å². The quantitative estimate of drug-likeness (QED) is 0.780. The zero-order valence-corrected chi connectivity index (χ0v) is 12.3. The van der Waals surface area contributed by atoms with Gasteiger partial charge >= 0.3 is 5.97 Å². The molecular formula is C16H20ClNO2. The largest absolute Gasteiger partial charge is 0.443 e. The average Bonchev–Trinajstić information content (AvgIpc) is 2.43. The van der Waals surface area contributed by atoms with Gasteiger partial charge in [-0.2, -0.15) is 0 Å². The molecule has 2 radical (unpaired) electrons. The van der Waals surface area contributed by atoms with Crippen LogP contribution in [0.4, 0.5) is 0 Å². The van der Waals surface area contributed by atoms with Crippen LogP contribution in [0.3, 0.4) is 0 Å². The van der Waals surface area contributed by atoms with Gasteiger partial charge in [0.05, 0.1) is 5.56 Å². The maximum Gasteiger partial charge on any atom is 0.339 e. The molecule has 0 amide bonds. The van der Waals surface area contributed by atoms with Gasteiger partial charge in [0.2, 0.25) is 0 Å². The Morgan fingerprint density at radius 2 is 1.95 bits per heavy atom. The molecule has 3 nitrogen and oxygen atoms in total. The Morgan fingerprint density at radius 1 is 1.20 bits per heavy atom. The van der Waals surface area contributed by atoms with Gasteiger partial charge in [-0.15, -0.1) is 0 Å². The molecule has 2 saturated heterocycles. The number of fused-ring (bicyclic) bond motifs is 2. The van der Waals surface area contributed by atoms with Gasteiger partial charge in [-0.05, 0) is 55.9 Å². The monoisotopic (exact) mass is 293 g/mol. The highest BCUT2D eigenvalue weighted by atomic mass is 35.5. The Hall–Kier alpha value is -1.06. The van der Waals surface area contributed by atoms with Gasteiger partial charge in [-0.1, -0.05) is 19.0 Å². The molecule has 3 unspecified atom stereocenters. The number of nitrogens with zero attached hydrogens (tertiary/aromatic N) is 1. The minimum Gasteiger partial charge on any atom is -0.443 e. The average molecular weight is 294 g/mol. The molecule has 0 aromatic heterocycles. The third-order valence-electron chi connectivity index (χ3n) is 4.10. The molecule has 2 heterocycles. The van der Waals surface area contributed by atoms with Crippen molar-refractivity contribution in [1.82, 2.24) is 4.90 Å². The lowest BCUT2D eigenvalue weighted by molar-refractivity contribution is -0.0758. The molecule has 3 rings (SSSR count). The maximum atomic E-state index is 12.1. The number of hydrogen-bond donors (Lipinski definition) is 0. The lowest BCUT2D eigenvalue weighted by Crippen LogP contribution is -2.48. The highest BCUT2D eigenvalue weighted by molar-refractivity contribution is 6.30. The van der Waals surface area contributed by atoms with E-state index in [9.17, 15) is 4.79 Å². The van der Waals surface area contributed by atoms with E-state index < -0.39 is 0 Å². The first kappa shape index (κ1) is 15.3. The fraction of sp³-hybridized carbons (Fsp3) is 0.500. The smallest absolute Gasteiger partial charge is 0.339 e. The number of hydrogen-bond acceptors (Lipinski definition) is 3. The van der Waals surface area contributed by atoms with E-state index in [0.29, 0.717) is 10.6 Å². The van der Waals surface area contributed by atoms with Crippen molar-refractivity contribution in [2.75, 3.05) is 13.1 Å². The minimum absolute atomic E-state index is 0. The van der Waals surface area contributed by atoms with Crippen molar-refractivity contribution in [3.8, 4) is 0 Å². The second-order valence-electron chi connectivity index (χ2n) is 5.45. The van der Waals surface area contributed by atoms with E-state index in [1.807, 2.05) is 0 Å². The highest BCUT2D eigenvalue weighted by Crippen LogP contribution is 2.30. The molecule has 0 aliphatic carbocycles. The summed E-state index contributed by atoms with van der Waals surface area (Å²) in [7, 11) is 0. The van der Waals surface area contributed by atoms with Gasteiger partial charge in [-0.3, -0.25) is 4.90 Å². The third kappa shape index (κ3) is 3.33. The second kappa shape index (κ2) is 6.59. The first-order valence-corrected chi connectivity index (χ1v) is 7.31.